The van der Waals surface area contributed by atoms with Crippen molar-refractivity contribution in [1.82, 2.24) is 19.2 Å². The van der Waals surface area contributed by atoms with E-state index < -0.39 is 15.3 Å². The molecular weight excluding hydrogens is 510 g/mol. The number of fused-ring (bicyclic) bond motifs is 1. The first kappa shape index (κ1) is 27.1. The van der Waals surface area contributed by atoms with Crippen molar-refractivity contribution in [2.75, 3.05) is 19.6 Å². The lowest BCUT2D eigenvalue weighted by molar-refractivity contribution is 0.0712. The summed E-state index contributed by atoms with van der Waals surface area (Å²) in [6.07, 6.45) is 2.33. The van der Waals surface area contributed by atoms with E-state index >= 15 is 0 Å². The first-order chi connectivity index (χ1) is 18.6. The molecule has 1 amide bonds. The molecule has 5 rings (SSSR count). The summed E-state index contributed by atoms with van der Waals surface area (Å²) in [6.45, 7) is 9.45. The van der Waals surface area contributed by atoms with Crippen molar-refractivity contribution in [2.45, 2.75) is 64.7 Å². The summed E-state index contributed by atoms with van der Waals surface area (Å²) in [6, 6.07) is 13.9. The number of hydrogen-bond acceptors (Lipinski definition) is 5. The lowest BCUT2D eigenvalue weighted by Gasteiger charge is -2.32. The number of nitriles is 1. The molecule has 0 radical (unpaired) electrons. The molecule has 1 aromatic heterocycles. The van der Waals surface area contributed by atoms with Crippen LogP contribution in [0.25, 0.3) is 11.4 Å². The lowest BCUT2D eigenvalue weighted by Crippen LogP contribution is -2.39. The molecule has 0 atom stereocenters. The van der Waals surface area contributed by atoms with Crippen LogP contribution in [0.2, 0.25) is 0 Å². The van der Waals surface area contributed by atoms with Gasteiger partial charge >= 0.3 is 0 Å². The van der Waals surface area contributed by atoms with Crippen LogP contribution in [0.15, 0.2) is 36.4 Å². The van der Waals surface area contributed by atoms with Gasteiger partial charge in [-0.15, -0.1) is 0 Å². The van der Waals surface area contributed by atoms with Gasteiger partial charge in [-0.25, -0.2) is 13.4 Å². The summed E-state index contributed by atoms with van der Waals surface area (Å²) in [5, 5.41) is 8.58. The fraction of sp³-hybridized carbons (Fsp3) is 0.433. The van der Waals surface area contributed by atoms with E-state index in [1.807, 2.05) is 55.1 Å². The highest BCUT2D eigenvalue weighted by Gasteiger charge is 2.31. The summed E-state index contributed by atoms with van der Waals surface area (Å²) in [7, 11) is -3.34. The quantitative estimate of drug-likeness (QED) is 0.487. The maximum Gasteiger partial charge on any atom is 0.254 e. The molecule has 8 nitrogen and oxygen atoms in total. The zero-order valence-electron chi connectivity index (χ0n) is 23.0. The number of sulfonamides is 1. The molecule has 9 heteroatoms. The number of likely N-dealkylation sites (tertiary alicyclic amines) is 1. The summed E-state index contributed by atoms with van der Waals surface area (Å²) in [5.74, 6) is 1.08. The second-order valence-corrected chi connectivity index (χ2v) is 13.5. The molecule has 0 spiro atoms. The van der Waals surface area contributed by atoms with Crippen LogP contribution in [0.4, 0.5) is 0 Å². The van der Waals surface area contributed by atoms with E-state index in [0.29, 0.717) is 48.9 Å². The average molecular weight is 548 g/mol. The topological polar surface area (TPSA) is 110 Å². The third-order valence-corrected chi connectivity index (χ3v) is 10.3. The molecule has 1 N–H and O–H groups in total. The van der Waals surface area contributed by atoms with Gasteiger partial charge < -0.3 is 9.88 Å². The molecule has 1 fully saturated rings. The fourth-order valence-corrected chi connectivity index (χ4v) is 6.92. The van der Waals surface area contributed by atoms with Crippen LogP contribution in [0.3, 0.4) is 0 Å². The minimum Gasteiger partial charge on any atom is -0.341 e. The molecule has 0 unspecified atom stereocenters. The minimum absolute atomic E-state index is 0. The number of nitrogens with one attached hydrogen (secondary N) is 1. The normalized spacial score (nSPS) is 16.8. The summed E-state index contributed by atoms with van der Waals surface area (Å²) < 4.78 is 26.9. The highest BCUT2D eigenvalue weighted by atomic mass is 32.2. The van der Waals surface area contributed by atoms with Gasteiger partial charge in [-0.05, 0) is 81.3 Å². The number of carbonyl (C=O) groups is 1. The Labute approximate surface area is 232 Å². The average Bonchev–Trinajstić information content (AvgIpc) is 3.36. The van der Waals surface area contributed by atoms with E-state index in [-0.39, 0.29) is 13.9 Å². The first-order valence-electron chi connectivity index (χ1n) is 13.6. The van der Waals surface area contributed by atoms with Gasteiger partial charge in [-0.3, -0.25) is 4.79 Å². The number of rotatable bonds is 5. The lowest BCUT2D eigenvalue weighted by atomic mass is 9.88. The van der Waals surface area contributed by atoms with Crippen molar-refractivity contribution in [3.8, 4) is 17.5 Å². The molecule has 206 valence electrons. The Morgan fingerprint density at radius 2 is 1.79 bits per heavy atom. The number of imidazole rings is 1. The van der Waals surface area contributed by atoms with E-state index in [2.05, 4.69) is 11.1 Å². The Bertz CT molecular complexity index is 1550. The number of nitrogens with zero attached hydrogens (tertiary/aromatic N) is 4. The van der Waals surface area contributed by atoms with Crippen molar-refractivity contribution in [3.05, 3.63) is 75.6 Å². The van der Waals surface area contributed by atoms with Gasteiger partial charge in [0.25, 0.3) is 5.91 Å². The Kier molecular flexibility index (Phi) is 7.36. The number of aromatic nitrogens is 2. The Hall–Kier alpha value is -3.48. The van der Waals surface area contributed by atoms with Crippen LogP contribution < -0.4 is 0 Å². The van der Waals surface area contributed by atoms with Gasteiger partial charge in [0.15, 0.2) is 0 Å². The van der Waals surface area contributed by atoms with Crippen LogP contribution in [-0.2, 0) is 23.0 Å². The number of aromatic amines is 1. The van der Waals surface area contributed by atoms with Gasteiger partial charge in [0.1, 0.15) is 5.82 Å². The molecule has 0 saturated carbocycles. The van der Waals surface area contributed by atoms with Crippen molar-refractivity contribution in [1.29, 1.82) is 5.26 Å². The van der Waals surface area contributed by atoms with Crippen molar-refractivity contribution < 1.29 is 14.6 Å². The molecular formula is C30H37N5O3S. The predicted octanol–water partition coefficient (Wildman–Crippen LogP) is 4.93. The maximum atomic E-state index is 13.6. The van der Waals surface area contributed by atoms with E-state index in [9.17, 15) is 13.2 Å². The molecule has 1 saturated heterocycles. The summed E-state index contributed by atoms with van der Waals surface area (Å²) in [5.41, 5.74) is 7.07. The van der Waals surface area contributed by atoms with E-state index in [1.165, 1.54) is 9.87 Å². The van der Waals surface area contributed by atoms with Gasteiger partial charge in [-0.2, -0.15) is 9.57 Å². The van der Waals surface area contributed by atoms with Crippen molar-refractivity contribution >= 4 is 15.9 Å². The number of benzene rings is 2. The number of H-pyrrole nitrogens is 1. The van der Waals surface area contributed by atoms with Crippen LogP contribution in [0.1, 0.15) is 78.0 Å². The molecule has 3 aromatic rings. The number of aryl methyl sites for hydroxylation is 2. The third-order valence-electron chi connectivity index (χ3n) is 8.10. The van der Waals surface area contributed by atoms with Crippen molar-refractivity contribution in [3.63, 3.8) is 0 Å². The number of hydrogen-bond donors (Lipinski definition) is 1. The largest absolute Gasteiger partial charge is 0.341 e. The second-order valence-electron chi connectivity index (χ2n) is 11.0. The predicted molar refractivity (Wildman–Crippen MR) is 153 cm³/mol. The Morgan fingerprint density at radius 1 is 1.10 bits per heavy atom. The van der Waals surface area contributed by atoms with Crippen LogP contribution >= 0.6 is 0 Å². The Morgan fingerprint density at radius 3 is 2.44 bits per heavy atom. The fourth-order valence-electron chi connectivity index (χ4n) is 5.67. The van der Waals surface area contributed by atoms with Gasteiger partial charge in [0.2, 0.25) is 10.0 Å². The monoisotopic (exact) mass is 547 g/mol. The molecule has 39 heavy (non-hydrogen) atoms. The van der Waals surface area contributed by atoms with E-state index in [4.69, 9.17) is 10.2 Å². The van der Waals surface area contributed by atoms with Gasteiger partial charge in [0.05, 0.1) is 34.8 Å². The number of piperidine rings is 1. The third kappa shape index (κ3) is 5.23. The molecule has 2 aliphatic rings. The van der Waals surface area contributed by atoms with Crippen LogP contribution in [0, 0.1) is 25.2 Å². The highest BCUT2D eigenvalue weighted by Crippen LogP contribution is 2.32. The smallest absolute Gasteiger partial charge is 0.254 e. The summed E-state index contributed by atoms with van der Waals surface area (Å²) in [4.78, 5) is 23.8. The molecule has 0 bridgehead atoms. The zero-order valence-corrected chi connectivity index (χ0v) is 23.8. The van der Waals surface area contributed by atoms with Gasteiger partial charge in [0, 0.05) is 38.6 Å². The Balaban J connectivity index is 0.00000370. The van der Waals surface area contributed by atoms with Crippen LogP contribution in [0.5, 0.6) is 0 Å². The highest BCUT2D eigenvalue weighted by molar-refractivity contribution is 7.89. The van der Waals surface area contributed by atoms with Crippen molar-refractivity contribution in [2.24, 2.45) is 0 Å². The zero-order chi connectivity index (χ0) is 27.9. The number of carbonyl (C=O) groups excluding carboxylic acids is 1. The first-order valence-corrected chi connectivity index (χ1v) is 15.1. The maximum absolute atomic E-state index is 13.6. The second kappa shape index (κ2) is 10.6. The summed E-state index contributed by atoms with van der Waals surface area (Å²) >= 11 is 0. The van der Waals surface area contributed by atoms with Gasteiger partial charge in [-0.1, -0.05) is 18.2 Å². The molecule has 3 heterocycles. The molecule has 2 aliphatic heterocycles. The van der Waals surface area contributed by atoms with Crippen LogP contribution in [-0.4, -0.2) is 58.4 Å². The molecule has 0 aliphatic carbocycles. The molecule has 2 aromatic carbocycles. The minimum atomic E-state index is -3.34. The number of amides is 1. The SMILES string of the molecule is Cc1cc(C)c(-c2nc3c([nH]2)CN(S(=O)(=O)C(C)C)CC3)cc1C(=O)N1CCC(c2ccc(C#N)cc2)CC1.[HH]. The van der Waals surface area contributed by atoms with E-state index in [0.717, 1.165) is 40.9 Å². The standard InChI is InChI=1S/C30H35N5O3S.H2/c1-19(2)39(37,38)35-14-11-27-28(18-35)33-29(32-27)25-16-26(21(4)15-20(25)3)30(36)34-12-9-24(10-13-34)23-7-5-22(17-31)6-8-23;/h5-8,15-16,19,24H,9-14,18H2,1-4H3,(H,32,33);1H. The van der Waals surface area contributed by atoms with E-state index in [1.54, 1.807) is 13.8 Å².